The zero-order valence-corrected chi connectivity index (χ0v) is 13.6. The highest BCUT2D eigenvalue weighted by molar-refractivity contribution is 6.54. The Hall–Kier alpha value is -2.40. The summed E-state index contributed by atoms with van der Waals surface area (Å²) in [5.74, 6) is 0.835. The first-order chi connectivity index (χ1) is 11.7. The van der Waals surface area contributed by atoms with Gasteiger partial charge >= 0.3 is 7.05 Å². The number of aromatic amines is 1. The third kappa shape index (κ3) is 2.76. The molecule has 1 aliphatic heterocycles. The Balaban J connectivity index is 1.51. The summed E-state index contributed by atoms with van der Waals surface area (Å²) in [5.41, 5.74) is 3.29. The van der Waals surface area contributed by atoms with Gasteiger partial charge in [0.1, 0.15) is 11.9 Å². The van der Waals surface area contributed by atoms with Crippen LogP contribution >= 0.6 is 0 Å². The molecule has 24 heavy (non-hydrogen) atoms. The van der Waals surface area contributed by atoms with E-state index >= 15 is 0 Å². The number of anilines is 1. The van der Waals surface area contributed by atoms with Crippen LogP contribution in [0, 0.1) is 6.42 Å². The first kappa shape index (κ1) is 15.2. The number of nitrogens with one attached hydrogen (secondary N) is 1. The summed E-state index contributed by atoms with van der Waals surface area (Å²) < 4.78 is 6.13. The Morgan fingerprint density at radius 3 is 2.92 bits per heavy atom. The Bertz CT molecular complexity index is 846. The minimum absolute atomic E-state index is 0.0168. The number of ether oxygens (including phenoxy) is 1. The third-order valence-electron chi connectivity index (χ3n) is 4.54. The van der Waals surface area contributed by atoms with Crippen molar-refractivity contribution in [3.63, 3.8) is 0 Å². The molecule has 0 saturated carbocycles. The molecule has 2 aromatic carbocycles. The highest BCUT2D eigenvalue weighted by Gasteiger charge is 2.29. The molecule has 121 valence electrons. The van der Waals surface area contributed by atoms with Crippen molar-refractivity contribution in [2.45, 2.75) is 19.3 Å². The van der Waals surface area contributed by atoms with E-state index in [4.69, 9.17) is 4.74 Å². The van der Waals surface area contributed by atoms with Gasteiger partial charge in [0.05, 0.1) is 5.69 Å². The Morgan fingerprint density at radius 2 is 2.04 bits per heavy atom. The minimum atomic E-state index is -0.536. The van der Waals surface area contributed by atoms with Crippen LogP contribution in [0.4, 0.5) is 5.69 Å². The van der Waals surface area contributed by atoms with Crippen molar-refractivity contribution in [3.8, 4) is 5.75 Å². The fourth-order valence-electron chi connectivity index (χ4n) is 3.33. The zero-order chi connectivity index (χ0) is 16.5. The minimum Gasteiger partial charge on any atom is -0.486 e. The van der Waals surface area contributed by atoms with Crippen LogP contribution in [0.5, 0.6) is 5.75 Å². The van der Waals surface area contributed by atoms with E-state index in [9.17, 15) is 5.02 Å². The summed E-state index contributed by atoms with van der Waals surface area (Å²) in [6.45, 7) is 2.47. The molecule has 5 heteroatoms. The normalized spacial score (nSPS) is 16.8. The van der Waals surface area contributed by atoms with Gasteiger partial charge in [0.15, 0.2) is 0 Å². The highest BCUT2D eigenvalue weighted by atomic mass is 16.5. The van der Waals surface area contributed by atoms with Crippen LogP contribution < -0.4 is 9.55 Å². The lowest BCUT2D eigenvalue weighted by Gasteiger charge is -2.37. The van der Waals surface area contributed by atoms with E-state index in [1.807, 2.05) is 41.3 Å². The molecule has 0 spiro atoms. The average Bonchev–Trinajstić information content (AvgIpc) is 3.02. The number of hydrogen-bond acceptors (Lipinski definition) is 3. The maximum atomic E-state index is 10.1. The largest absolute Gasteiger partial charge is 0.486 e. The summed E-state index contributed by atoms with van der Waals surface area (Å²) in [7, 11) is -0.536. The van der Waals surface area contributed by atoms with E-state index in [2.05, 4.69) is 29.6 Å². The summed E-state index contributed by atoms with van der Waals surface area (Å²) in [6.07, 6.45) is 5.05. The number of hydrogen-bond donors (Lipinski definition) is 2. The van der Waals surface area contributed by atoms with Crippen molar-refractivity contribution in [2.24, 2.45) is 0 Å². The van der Waals surface area contributed by atoms with Crippen molar-refractivity contribution < 1.29 is 9.76 Å². The summed E-state index contributed by atoms with van der Waals surface area (Å²) >= 11 is 0. The predicted molar refractivity (Wildman–Crippen MR) is 98.4 cm³/mol. The molecular formula is C19H20BN2O2. The van der Waals surface area contributed by atoms with Gasteiger partial charge in [0, 0.05) is 23.6 Å². The topological polar surface area (TPSA) is 48.5 Å². The van der Waals surface area contributed by atoms with Gasteiger partial charge in [-0.2, -0.15) is 0 Å². The molecule has 1 aromatic heterocycles. The van der Waals surface area contributed by atoms with Crippen LogP contribution in [-0.2, 0) is 0 Å². The number of nitrogens with zero attached hydrogens (tertiary/aromatic N) is 1. The van der Waals surface area contributed by atoms with Crippen molar-refractivity contribution in [1.82, 2.24) is 4.98 Å². The molecule has 2 N–H and O–H groups in total. The molecule has 0 fully saturated rings. The van der Waals surface area contributed by atoms with E-state index in [-0.39, 0.29) is 6.10 Å². The van der Waals surface area contributed by atoms with E-state index < -0.39 is 7.05 Å². The quantitative estimate of drug-likeness (QED) is 0.724. The number of fused-ring (bicyclic) bond motifs is 2. The SMILES string of the molecule is CB(O)N1CC(C[CH]c2c[nH]c3ccccc23)Oc2ccccc21. The van der Waals surface area contributed by atoms with Crippen LogP contribution in [0.2, 0.25) is 6.82 Å². The Labute approximate surface area is 142 Å². The first-order valence-electron chi connectivity index (χ1n) is 8.32. The first-order valence-corrected chi connectivity index (χ1v) is 8.32. The van der Waals surface area contributed by atoms with E-state index in [0.29, 0.717) is 6.54 Å². The molecule has 4 nitrogen and oxygen atoms in total. The Morgan fingerprint density at radius 1 is 1.25 bits per heavy atom. The van der Waals surface area contributed by atoms with E-state index in [0.717, 1.165) is 23.4 Å². The van der Waals surface area contributed by atoms with Gasteiger partial charge in [-0.1, -0.05) is 30.3 Å². The Kier molecular flexibility index (Phi) is 3.94. The van der Waals surface area contributed by atoms with Crippen LogP contribution in [0.1, 0.15) is 12.0 Å². The molecule has 1 atom stereocenters. The molecule has 1 radical (unpaired) electrons. The highest BCUT2D eigenvalue weighted by Crippen LogP contribution is 2.34. The molecule has 4 rings (SSSR count). The third-order valence-corrected chi connectivity index (χ3v) is 4.54. The fraction of sp³-hybridized carbons (Fsp3) is 0.211. The van der Waals surface area contributed by atoms with Gasteiger partial charge < -0.3 is 19.6 Å². The second-order valence-electron chi connectivity index (χ2n) is 6.22. The summed E-state index contributed by atoms with van der Waals surface area (Å²) in [5, 5.41) is 11.3. The monoisotopic (exact) mass is 319 g/mol. The summed E-state index contributed by atoms with van der Waals surface area (Å²) in [4.78, 5) is 5.29. The number of rotatable bonds is 4. The average molecular weight is 319 g/mol. The molecular weight excluding hydrogens is 299 g/mol. The maximum Gasteiger partial charge on any atom is 0.409 e. The molecule has 1 unspecified atom stereocenters. The lowest BCUT2D eigenvalue weighted by molar-refractivity contribution is 0.198. The standard InChI is InChI=1S/C19H20BN2O2/c1-20(23)22-13-15(24-19-9-5-4-8-18(19)22)11-10-14-12-21-17-7-3-2-6-16(14)17/h2-10,12,15,21,23H,11,13H2,1H3. The lowest BCUT2D eigenvalue weighted by atomic mass is 9.82. The van der Waals surface area contributed by atoms with Gasteiger partial charge in [0.25, 0.3) is 0 Å². The van der Waals surface area contributed by atoms with Crippen LogP contribution in [0.25, 0.3) is 10.9 Å². The molecule has 0 bridgehead atoms. The van der Waals surface area contributed by atoms with Gasteiger partial charge in [0.2, 0.25) is 0 Å². The number of para-hydroxylation sites is 3. The molecule has 1 aliphatic rings. The predicted octanol–water partition coefficient (Wildman–Crippen LogP) is 3.49. The van der Waals surface area contributed by atoms with Gasteiger partial charge in [-0.25, -0.2) is 0 Å². The van der Waals surface area contributed by atoms with Gasteiger partial charge in [-0.3, -0.25) is 0 Å². The maximum absolute atomic E-state index is 10.1. The smallest absolute Gasteiger partial charge is 0.409 e. The van der Waals surface area contributed by atoms with Crippen LogP contribution in [0.3, 0.4) is 0 Å². The second-order valence-corrected chi connectivity index (χ2v) is 6.22. The van der Waals surface area contributed by atoms with Crippen molar-refractivity contribution >= 4 is 23.6 Å². The number of benzene rings is 2. The summed E-state index contributed by atoms with van der Waals surface area (Å²) in [6, 6.07) is 16.2. The van der Waals surface area contributed by atoms with Crippen LogP contribution in [0.15, 0.2) is 54.7 Å². The lowest BCUT2D eigenvalue weighted by Crippen LogP contribution is -2.47. The van der Waals surface area contributed by atoms with Crippen molar-refractivity contribution in [2.75, 3.05) is 11.4 Å². The molecule has 0 amide bonds. The molecule has 3 aromatic rings. The number of H-pyrrole nitrogens is 1. The molecule has 0 aliphatic carbocycles. The van der Waals surface area contributed by atoms with Gasteiger partial charge in [-0.15, -0.1) is 0 Å². The van der Waals surface area contributed by atoms with Gasteiger partial charge in [-0.05, 0) is 43.4 Å². The van der Waals surface area contributed by atoms with E-state index in [1.165, 1.54) is 10.9 Å². The zero-order valence-electron chi connectivity index (χ0n) is 13.6. The fourth-order valence-corrected chi connectivity index (χ4v) is 3.33. The second kappa shape index (κ2) is 6.25. The van der Waals surface area contributed by atoms with Crippen LogP contribution in [-0.4, -0.2) is 29.7 Å². The van der Waals surface area contributed by atoms with Crippen molar-refractivity contribution in [1.29, 1.82) is 0 Å². The molecule has 0 saturated heterocycles. The van der Waals surface area contributed by atoms with E-state index in [1.54, 1.807) is 6.82 Å². The van der Waals surface area contributed by atoms with Crippen molar-refractivity contribution in [3.05, 3.63) is 66.7 Å². The number of aromatic nitrogens is 1. The molecule has 2 heterocycles.